The molecule has 14 heteroatoms. The summed E-state index contributed by atoms with van der Waals surface area (Å²) in [6, 6.07) is 36.2. The van der Waals surface area contributed by atoms with Crippen molar-refractivity contribution in [1.29, 1.82) is 0 Å². The Balaban J connectivity index is 1.13. The van der Waals surface area contributed by atoms with Gasteiger partial charge in [0.05, 0.1) is 31.8 Å². The van der Waals surface area contributed by atoms with Crippen LogP contribution in [-0.4, -0.2) is 103 Å². The molecule has 0 aliphatic carbocycles. The molecule has 0 bridgehead atoms. The molecule has 14 nitrogen and oxygen atoms in total. The van der Waals surface area contributed by atoms with Crippen LogP contribution in [0.4, 0.5) is 4.79 Å². The SMILES string of the molecule is CO[C@H]1O[C@H](CO)[C@@H](OCc2ccccc2)[C@H](OCc2ccccc2)[C@@H]1OCCCC(=O)C=CC(=O)[C@@H](OC(C)=O)[C@@H](Cc1ccccc1)C(=O)N1C(=O)O[C@H](c2ccccc2)[C@@H]1C. The number of amides is 2. The van der Waals surface area contributed by atoms with E-state index >= 15 is 0 Å². The fourth-order valence-corrected chi connectivity index (χ4v) is 7.87. The number of hydrogen-bond donors (Lipinski definition) is 1. The molecule has 2 aliphatic heterocycles. The van der Waals surface area contributed by atoms with E-state index in [1.54, 1.807) is 61.5 Å². The largest absolute Gasteiger partial charge is 0.453 e. The Morgan fingerprint density at radius 3 is 1.88 bits per heavy atom. The Morgan fingerprint density at radius 2 is 1.31 bits per heavy atom. The standard InChI is InChI=1S/C50H55NO13/c1-33-43(38-23-14-7-15-24-38)64-50(57)51(33)48(56)40(29-35-17-8-4-9-18-35)44(62-34(2)53)41(55)27-26-39(54)25-16-28-59-47-46(61-32-37-21-12-6-13-22-37)45(42(30-52)63-49(47)58-3)60-31-36-19-10-5-11-20-36/h4-15,17-24,26-27,33,40,42-47,49,52H,16,25,28-32H2,1-3H3/t33-,40+,42+,43-,44-,45+,46-,47-,49-/m0/s1. The Hall–Kier alpha value is -5.87. The van der Waals surface area contributed by atoms with E-state index in [-0.39, 0.29) is 45.7 Å². The third-order valence-corrected chi connectivity index (χ3v) is 11.1. The molecule has 1 N–H and O–H groups in total. The lowest BCUT2D eigenvalue weighted by atomic mass is 9.89. The Bertz CT molecular complexity index is 2150. The summed E-state index contributed by atoms with van der Waals surface area (Å²) in [5.74, 6) is -4.18. The van der Waals surface area contributed by atoms with Gasteiger partial charge in [-0.05, 0) is 54.2 Å². The fourth-order valence-electron chi connectivity index (χ4n) is 7.87. The van der Waals surface area contributed by atoms with Gasteiger partial charge < -0.3 is 38.3 Å². The number of cyclic esters (lactones) is 1. The number of hydrogen-bond acceptors (Lipinski definition) is 13. The first-order chi connectivity index (χ1) is 31.1. The Labute approximate surface area is 373 Å². The van der Waals surface area contributed by atoms with Crippen LogP contribution in [0.3, 0.4) is 0 Å². The number of allylic oxidation sites excluding steroid dienone is 1. The topological polar surface area (TPSA) is 173 Å². The zero-order valence-corrected chi connectivity index (χ0v) is 36.1. The zero-order chi connectivity index (χ0) is 45.4. The summed E-state index contributed by atoms with van der Waals surface area (Å²) < 4.78 is 42.1. The van der Waals surface area contributed by atoms with Gasteiger partial charge in [-0.3, -0.25) is 19.2 Å². The lowest BCUT2D eigenvalue weighted by Crippen LogP contribution is -2.61. The molecule has 2 aliphatic rings. The molecule has 0 radical (unpaired) electrons. The molecule has 0 aromatic heterocycles. The molecule has 338 valence electrons. The average Bonchev–Trinajstić information content (AvgIpc) is 3.62. The third kappa shape index (κ3) is 12.6. The van der Waals surface area contributed by atoms with Gasteiger partial charge in [-0.25, -0.2) is 9.69 Å². The van der Waals surface area contributed by atoms with Crippen molar-refractivity contribution in [3.8, 4) is 0 Å². The molecule has 6 rings (SSSR count). The summed E-state index contributed by atoms with van der Waals surface area (Å²) in [6.07, 6.45) is -5.21. The van der Waals surface area contributed by atoms with E-state index in [0.717, 1.165) is 35.1 Å². The number of methoxy groups -OCH3 is 1. The lowest BCUT2D eigenvalue weighted by molar-refractivity contribution is -0.319. The van der Waals surface area contributed by atoms with Gasteiger partial charge in [0, 0.05) is 27.1 Å². The normalized spacial score (nSPS) is 23.0. The molecule has 2 heterocycles. The quantitative estimate of drug-likeness (QED) is 0.0532. The van der Waals surface area contributed by atoms with Crippen LogP contribution in [0.15, 0.2) is 133 Å². The minimum atomic E-state index is -1.67. The van der Waals surface area contributed by atoms with Crippen molar-refractivity contribution in [1.82, 2.24) is 4.90 Å². The number of esters is 1. The van der Waals surface area contributed by atoms with Crippen molar-refractivity contribution in [2.24, 2.45) is 5.92 Å². The van der Waals surface area contributed by atoms with Crippen LogP contribution in [0.1, 0.15) is 55.0 Å². The minimum absolute atomic E-state index is 0.0413. The second kappa shape index (κ2) is 23.7. The first-order valence-corrected chi connectivity index (χ1v) is 21.3. The van der Waals surface area contributed by atoms with Gasteiger partial charge in [-0.2, -0.15) is 0 Å². The van der Waals surface area contributed by atoms with Crippen molar-refractivity contribution in [3.05, 3.63) is 156 Å². The molecule has 0 unspecified atom stereocenters. The monoisotopic (exact) mass is 877 g/mol. The molecule has 2 amide bonds. The van der Waals surface area contributed by atoms with Crippen molar-refractivity contribution in [3.63, 3.8) is 0 Å². The molecule has 4 aromatic rings. The van der Waals surface area contributed by atoms with E-state index < -0.39 is 84.4 Å². The predicted octanol–water partition coefficient (Wildman–Crippen LogP) is 6.28. The summed E-state index contributed by atoms with van der Waals surface area (Å²) in [4.78, 5) is 68.3. The van der Waals surface area contributed by atoms with Gasteiger partial charge in [-0.15, -0.1) is 0 Å². The van der Waals surface area contributed by atoms with Gasteiger partial charge in [-0.1, -0.05) is 121 Å². The Kier molecular flexibility index (Phi) is 17.6. The third-order valence-electron chi connectivity index (χ3n) is 11.1. The van der Waals surface area contributed by atoms with E-state index in [1.807, 2.05) is 66.7 Å². The minimum Gasteiger partial charge on any atom is -0.453 e. The number of nitrogens with zero attached hydrogens (tertiary/aromatic N) is 1. The predicted molar refractivity (Wildman–Crippen MR) is 232 cm³/mol. The molecular formula is C50H55NO13. The summed E-state index contributed by atoms with van der Waals surface area (Å²) in [6.45, 7) is 2.91. The van der Waals surface area contributed by atoms with Gasteiger partial charge in [0.1, 0.15) is 30.5 Å². The highest BCUT2D eigenvalue weighted by Crippen LogP contribution is 2.35. The highest BCUT2D eigenvalue weighted by molar-refractivity contribution is 6.04. The second-order valence-corrected chi connectivity index (χ2v) is 15.6. The van der Waals surface area contributed by atoms with Gasteiger partial charge in [0.2, 0.25) is 5.91 Å². The van der Waals surface area contributed by atoms with E-state index in [9.17, 15) is 29.1 Å². The zero-order valence-electron chi connectivity index (χ0n) is 36.1. The number of aliphatic hydroxyl groups excluding tert-OH is 1. The first-order valence-electron chi connectivity index (χ1n) is 21.3. The summed E-state index contributed by atoms with van der Waals surface area (Å²) >= 11 is 0. The van der Waals surface area contributed by atoms with Gasteiger partial charge in [0.15, 0.2) is 24.0 Å². The van der Waals surface area contributed by atoms with E-state index in [0.29, 0.717) is 11.1 Å². The fraction of sp³-hybridized carbons (Fsp3) is 0.380. The van der Waals surface area contributed by atoms with E-state index in [1.165, 1.54) is 7.11 Å². The molecule has 64 heavy (non-hydrogen) atoms. The van der Waals surface area contributed by atoms with Crippen LogP contribution in [0.5, 0.6) is 0 Å². The molecule has 9 atom stereocenters. The average molecular weight is 878 g/mol. The van der Waals surface area contributed by atoms with Crippen LogP contribution in [-0.2, 0) is 72.0 Å². The van der Waals surface area contributed by atoms with Crippen LogP contribution < -0.4 is 0 Å². The number of ether oxygens (including phenoxy) is 7. The van der Waals surface area contributed by atoms with E-state index in [4.69, 9.17) is 33.2 Å². The number of carbonyl (C=O) groups is 5. The van der Waals surface area contributed by atoms with Crippen molar-refractivity contribution < 1.29 is 62.2 Å². The van der Waals surface area contributed by atoms with Gasteiger partial charge in [0.25, 0.3) is 0 Å². The van der Waals surface area contributed by atoms with Crippen molar-refractivity contribution in [2.45, 2.75) is 95.3 Å². The number of ketones is 2. The van der Waals surface area contributed by atoms with Gasteiger partial charge >= 0.3 is 12.1 Å². The summed E-state index contributed by atoms with van der Waals surface area (Å²) in [7, 11) is 1.46. The molecular weight excluding hydrogens is 823 g/mol. The molecule has 2 saturated heterocycles. The smallest absolute Gasteiger partial charge is 0.417 e. The number of aliphatic hydroxyl groups is 1. The maximum Gasteiger partial charge on any atom is 0.417 e. The van der Waals surface area contributed by atoms with Crippen LogP contribution in [0.25, 0.3) is 0 Å². The maximum atomic E-state index is 14.4. The van der Waals surface area contributed by atoms with Crippen molar-refractivity contribution >= 4 is 29.5 Å². The van der Waals surface area contributed by atoms with Crippen LogP contribution in [0, 0.1) is 5.92 Å². The Morgan fingerprint density at radius 1 is 0.750 bits per heavy atom. The van der Waals surface area contributed by atoms with E-state index in [2.05, 4.69) is 0 Å². The molecule has 2 fully saturated rings. The summed E-state index contributed by atoms with van der Waals surface area (Å²) in [5, 5.41) is 10.4. The lowest BCUT2D eigenvalue weighted by Gasteiger charge is -2.45. The summed E-state index contributed by atoms with van der Waals surface area (Å²) in [5.41, 5.74) is 3.16. The molecule has 4 aromatic carbocycles. The van der Waals surface area contributed by atoms with Crippen LogP contribution >= 0.6 is 0 Å². The number of benzene rings is 4. The maximum absolute atomic E-state index is 14.4. The van der Waals surface area contributed by atoms with Crippen molar-refractivity contribution in [2.75, 3.05) is 20.3 Å². The number of rotatable bonds is 22. The highest BCUT2D eigenvalue weighted by atomic mass is 16.7. The van der Waals surface area contributed by atoms with Crippen LogP contribution in [0.2, 0.25) is 0 Å². The number of imide groups is 1. The highest BCUT2D eigenvalue weighted by Gasteiger charge is 2.50. The molecule has 0 spiro atoms. The first kappa shape index (κ1) is 47.6. The molecule has 0 saturated carbocycles. The second-order valence-electron chi connectivity index (χ2n) is 15.6. The number of carbonyl (C=O) groups excluding carboxylic acids is 5.